The Balaban J connectivity index is 1.45. The molecule has 0 bridgehead atoms. The van der Waals surface area contributed by atoms with E-state index in [9.17, 15) is 14.4 Å². The number of rotatable bonds is 4. The largest absolute Gasteiger partial charge is 0.459 e. The first-order valence-electron chi connectivity index (χ1n) is 7.75. The van der Waals surface area contributed by atoms with Crippen LogP contribution in [-0.4, -0.2) is 65.5 Å². The summed E-state index contributed by atoms with van der Waals surface area (Å²) < 4.78 is 14.8. The molecule has 0 saturated carbocycles. The Morgan fingerprint density at radius 1 is 1.16 bits per heavy atom. The molecule has 0 atom stereocenters. The maximum atomic E-state index is 12.2. The number of hydrogen-bond acceptors (Lipinski definition) is 7. The number of carbonyl (C=O) groups is 3. The molecule has 132 valence electrons. The van der Waals surface area contributed by atoms with Gasteiger partial charge in [-0.05, 0) is 19.1 Å². The SMILES string of the molecule is Cc1cc(C(=O)OCC(=O)N2CCN(C(=O)c3ccco3)CC2)on1. The van der Waals surface area contributed by atoms with Gasteiger partial charge in [0.2, 0.25) is 5.76 Å². The van der Waals surface area contributed by atoms with E-state index in [4.69, 9.17) is 13.7 Å². The number of furan rings is 1. The monoisotopic (exact) mass is 347 g/mol. The number of hydrogen-bond donors (Lipinski definition) is 0. The van der Waals surface area contributed by atoms with Gasteiger partial charge in [0.25, 0.3) is 11.8 Å². The van der Waals surface area contributed by atoms with Crippen LogP contribution < -0.4 is 0 Å². The summed E-state index contributed by atoms with van der Waals surface area (Å²) in [6.45, 7) is 2.80. The molecular formula is C16H17N3O6. The van der Waals surface area contributed by atoms with E-state index < -0.39 is 5.97 Å². The molecule has 1 aliphatic heterocycles. The molecule has 0 aliphatic carbocycles. The minimum atomic E-state index is -0.736. The van der Waals surface area contributed by atoms with Crippen LogP contribution in [0, 0.1) is 6.92 Å². The van der Waals surface area contributed by atoms with E-state index in [0.717, 1.165) is 0 Å². The number of ether oxygens (including phenoxy) is 1. The lowest BCUT2D eigenvalue weighted by Crippen LogP contribution is -2.51. The highest BCUT2D eigenvalue weighted by Gasteiger charge is 2.26. The van der Waals surface area contributed by atoms with Gasteiger partial charge in [0.15, 0.2) is 12.4 Å². The Kier molecular flexibility index (Phi) is 4.82. The molecule has 1 aliphatic rings. The molecule has 0 N–H and O–H groups in total. The maximum absolute atomic E-state index is 12.2. The molecule has 1 saturated heterocycles. The number of nitrogens with zero attached hydrogens (tertiary/aromatic N) is 3. The Morgan fingerprint density at radius 2 is 1.88 bits per heavy atom. The minimum absolute atomic E-state index is 0.0424. The van der Waals surface area contributed by atoms with E-state index in [0.29, 0.717) is 31.9 Å². The fourth-order valence-corrected chi connectivity index (χ4v) is 2.46. The van der Waals surface area contributed by atoms with Crippen molar-refractivity contribution in [1.82, 2.24) is 15.0 Å². The smallest absolute Gasteiger partial charge is 0.377 e. The summed E-state index contributed by atoms with van der Waals surface area (Å²) in [5.41, 5.74) is 0.552. The highest BCUT2D eigenvalue weighted by molar-refractivity contribution is 5.92. The van der Waals surface area contributed by atoms with Gasteiger partial charge in [0, 0.05) is 32.2 Å². The molecule has 0 radical (unpaired) electrons. The molecule has 3 heterocycles. The van der Waals surface area contributed by atoms with Crippen LogP contribution in [-0.2, 0) is 9.53 Å². The minimum Gasteiger partial charge on any atom is -0.459 e. The van der Waals surface area contributed by atoms with Crippen LogP contribution in [0.4, 0.5) is 0 Å². The first kappa shape index (κ1) is 16.7. The van der Waals surface area contributed by atoms with Crippen molar-refractivity contribution in [3.05, 3.63) is 41.7 Å². The van der Waals surface area contributed by atoms with Crippen molar-refractivity contribution >= 4 is 17.8 Å². The van der Waals surface area contributed by atoms with E-state index >= 15 is 0 Å². The Labute approximate surface area is 143 Å². The summed E-state index contributed by atoms with van der Waals surface area (Å²) in [6.07, 6.45) is 1.44. The summed E-state index contributed by atoms with van der Waals surface area (Å²) in [5.74, 6) is -1.03. The highest BCUT2D eigenvalue weighted by Crippen LogP contribution is 2.10. The summed E-state index contributed by atoms with van der Waals surface area (Å²) in [6, 6.07) is 4.69. The lowest BCUT2D eigenvalue weighted by atomic mass is 10.3. The quantitative estimate of drug-likeness (QED) is 0.750. The zero-order valence-corrected chi connectivity index (χ0v) is 13.6. The average Bonchev–Trinajstić information content (AvgIpc) is 3.30. The molecule has 0 unspecified atom stereocenters. The number of carbonyl (C=O) groups excluding carboxylic acids is 3. The predicted octanol–water partition coefficient (Wildman–Crippen LogP) is 0.717. The van der Waals surface area contributed by atoms with Gasteiger partial charge in [-0.3, -0.25) is 9.59 Å². The van der Waals surface area contributed by atoms with Crippen LogP contribution in [0.3, 0.4) is 0 Å². The molecular weight excluding hydrogens is 330 g/mol. The second kappa shape index (κ2) is 7.20. The van der Waals surface area contributed by atoms with Crippen molar-refractivity contribution in [2.75, 3.05) is 32.8 Å². The molecule has 0 aromatic carbocycles. The molecule has 2 amide bonds. The lowest BCUT2D eigenvalue weighted by molar-refractivity contribution is -0.136. The van der Waals surface area contributed by atoms with Crippen molar-refractivity contribution in [2.24, 2.45) is 0 Å². The fraction of sp³-hybridized carbons (Fsp3) is 0.375. The molecule has 2 aromatic rings. The third kappa shape index (κ3) is 3.87. The zero-order chi connectivity index (χ0) is 17.8. The first-order chi connectivity index (χ1) is 12.0. The fourth-order valence-electron chi connectivity index (χ4n) is 2.46. The van der Waals surface area contributed by atoms with Gasteiger partial charge < -0.3 is 23.5 Å². The van der Waals surface area contributed by atoms with Crippen molar-refractivity contribution < 1.29 is 28.1 Å². The molecule has 0 spiro atoms. The van der Waals surface area contributed by atoms with Crippen LogP contribution in [0.15, 0.2) is 33.4 Å². The van der Waals surface area contributed by atoms with Crippen LogP contribution in [0.1, 0.15) is 26.8 Å². The molecule has 9 heteroatoms. The van der Waals surface area contributed by atoms with Gasteiger partial charge >= 0.3 is 5.97 Å². The molecule has 2 aromatic heterocycles. The molecule has 3 rings (SSSR count). The average molecular weight is 347 g/mol. The maximum Gasteiger partial charge on any atom is 0.377 e. The summed E-state index contributed by atoms with van der Waals surface area (Å²) in [7, 11) is 0. The van der Waals surface area contributed by atoms with E-state index in [2.05, 4.69) is 5.16 Å². The van der Waals surface area contributed by atoms with Crippen LogP contribution in [0.2, 0.25) is 0 Å². The topological polar surface area (TPSA) is 106 Å². The number of aryl methyl sites for hydroxylation is 1. The Hall–Kier alpha value is -3.10. The van der Waals surface area contributed by atoms with Gasteiger partial charge in [-0.1, -0.05) is 5.16 Å². The number of esters is 1. The lowest BCUT2D eigenvalue weighted by Gasteiger charge is -2.34. The van der Waals surface area contributed by atoms with Crippen molar-refractivity contribution in [2.45, 2.75) is 6.92 Å². The molecule has 25 heavy (non-hydrogen) atoms. The summed E-state index contributed by atoms with van der Waals surface area (Å²) in [5, 5.41) is 3.58. The Morgan fingerprint density at radius 3 is 2.48 bits per heavy atom. The van der Waals surface area contributed by atoms with E-state index in [-0.39, 0.29) is 29.9 Å². The van der Waals surface area contributed by atoms with Crippen LogP contribution in [0.5, 0.6) is 0 Å². The standard InChI is InChI=1S/C16H17N3O6/c1-11-9-13(25-17-11)16(22)24-10-14(20)18-4-6-19(7-5-18)15(21)12-3-2-8-23-12/h2-3,8-9H,4-7,10H2,1H3. The van der Waals surface area contributed by atoms with Crippen molar-refractivity contribution in [1.29, 1.82) is 0 Å². The first-order valence-corrected chi connectivity index (χ1v) is 7.75. The van der Waals surface area contributed by atoms with Gasteiger partial charge in [-0.2, -0.15) is 0 Å². The number of piperazine rings is 1. The zero-order valence-electron chi connectivity index (χ0n) is 13.6. The van der Waals surface area contributed by atoms with Crippen molar-refractivity contribution in [3.63, 3.8) is 0 Å². The highest BCUT2D eigenvalue weighted by atomic mass is 16.6. The second-order valence-electron chi connectivity index (χ2n) is 5.56. The van der Waals surface area contributed by atoms with E-state index in [1.54, 1.807) is 28.9 Å². The molecule has 1 fully saturated rings. The van der Waals surface area contributed by atoms with E-state index in [1.807, 2.05) is 0 Å². The normalized spacial score (nSPS) is 14.4. The third-order valence-corrected chi connectivity index (χ3v) is 3.81. The van der Waals surface area contributed by atoms with Crippen molar-refractivity contribution in [3.8, 4) is 0 Å². The van der Waals surface area contributed by atoms with E-state index in [1.165, 1.54) is 12.3 Å². The van der Waals surface area contributed by atoms with Crippen LogP contribution in [0.25, 0.3) is 0 Å². The number of amides is 2. The second-order valence-corrected chi connectivity index (χ2v) is 5.56. The van der Waals surface area contributed by atoms with Gasteiger partial charge in [-0.25, -0.2) is 4.79 Å². The van der Waals surface area contributed by atoms with Gasteiger partial charge in [-0.15, -0.1) is 0 Å². The van der Waals surface area contributed by atoms with Gasteiger partial charge in [0.1, 0.15) is 0 Å². The predicted molar refractivity (Wildman–Crippen MR) is 82.7 cm³/mol. The number of aromatic nitrogens is 1. The van der Waals surface area contributed by atoms with Gasteiger partial charge in [0.05, 0.1) is 12.0 Å². The molecule has 9 nitrogen and oxygen atoms in total. The summed E-state index contributed by atoms with van der Waals surface area (Å²) >= 11 is 0. The Bertz CT molecular complexity index is 759. The van der Waals surface area contributed by atoms with Crippen LogP contribution >= 0.6 is 0 Å². The third-order valence-electron chi connectivity index (χ3n) is 3.81. The summed E-state index contributed by atoms with van der Waals surface area (Å²) in [4.78, 5) is 39.2.